The Balaban J connectivity index is 3.96. The Kier molecular flexibility index (Phi) is 5.66. The second kappa shape index (κ2) is 6.22. The van der Waals surface area contributed by atoms with E-state index in [4.69, 9.17) is 5.53 Å². The highest BCUT2D eigenvalue weighted by Crippen LogP contribution is 1.96. The summed E-state index contributed by atoms with van der Waals surface area (Å²) in [5, 5.41) is 3.17. The number of hydrogen-bond acceptors (Lipinski definition) is 5. The molecular formula is C6H11N3O4S. The van der Waals surface area contributed by atoms with Crippen molar-refractivity contribution in [2.45, 2.75) is 6.42 Å². The van der Waals surface area contributed by atoms with Gasteiger partial charge in [-0.3, -0.25) is 4.79 Å². The second-order valence-corrected chi connectivity index (χ2v) is 4.66. The molecule has 0 bridgehead atoms. The van der Waals surface area contributed by atoms with E-state index in [-0.39, 0.29) is 18.7 Å². The van der Waals surface area contributed by atoms with Crippen molar-refractivity contribution < 1.29 is 17.9 Å². The van der Waals surface area contributed by atoms with Crippen LogP contribution >= 0.6 is 0 Å². The molecule has 0 radical (unpaired) electrons. The monoisotopic (exact) mass is 221 g/mol. The zero-order valence-electron chi connectivity index (χ0n) is 7.71. The maximum Gasteiger partial charge on any atom is 0.320 e. The number of hydrogen-bond donors (Lipinski definition) is 0. The van der Waals surface area contributed by atoms with Crippen molar-refractivity contribution >= 4 is 15.8 Å². The van der Waals surface area contributed by atoms with Crippen LogP contribution in [-0.4, -0.2) is 39.5 Å². The normalized spacial score (nSPS) is 10.4. The van der Waals surface area contributed by atoms with Gasteiger partial charge in [-0.1, -0.05) is 5.11 Å². The topological polar surface area (TPSA) is 109 Å². The van der Waals surface area contributed by atoms with Gasteiger partial charge in [0.25, 0.3) is 0 Å². The molecule has 0 rings (SSSR count). The minimum Gasteiger partial charge on any atom is -0.468 e. The summed E-state index contributed by atoms with van der Waals surface area (Å²) in [6, 6.07) is 0. The number of azide groups is 1. The number of nitrogens with zero attached hydrogens (tertiary/aromatic N) is 3. The van der Waals surface area contributed by atoms with Gasteiger partial charge in [0.2, 0.25) is 0 Å². The maximum absolute atomic E-state index is 11.1. The summed E-state index contributed by atoms with van der Waals surface area (Å²) >= 11 is 0. The zero-order chi connectivity index (χ0) is 11.0. The van der Waals surface area contributed by atoms with Crippen molar-refractivity contribution in [3.05, 3.63) is 10.4 Å². The molecule has 0 aliphatic carbocycles. The first-order valence-corrected chi connectivity index (χ1v) is 5.62. The Labute approximate surface area is 81.6 Å². The van der Waals surface area contributed by atoms with E-state index in [0.717, 1.165) is 7.11 Å². The molecule has 0 N–H and O–H groups in total. The molecule has 0 amide bonds. The number of ether oxygens (including phenoxy) is 1. The number of sulfone groups is 1. The quantitative estimate of drug-likeness (QED) is 0.211. The van der Waals surface area contributed by atoms with Crippen molar-refractivity contribution in [1.29, 1.82) is 0 Å². The average Bonchev–Trinajstić information content (AvgIpc) is 2.12. The third-order valence-electron chi connectivity index (χ3n) is 1.34. The molecule has 0 fully saturated rings. The van der Waals surface area contributed by atoms with Gasteiger partial charge in [-0.15, -0.1) is 0 Å². The smallest absolute Gasteiger partial charge is 0.320 e. The fraction of sp³-hybridized carbons (Fsp3) is 0.833. The third kappa shape index (κ3) is 6.27. The van der Waals surface area contributed by atoms with Crippen LogP contribution in [0.3, 0.4) is 0 Å². The van der Waals surface area contributed by atoms with Crippen LogP contribution in [0.15, 0.2) is 5.11 Å². The molecule has 0 aromatic carbocycles. The molecule has 14 heavy (non-hydrogen) atoms. The summed E-state index contributed by atoms with van der Waals surface area (Å²) in [6.45, 7) is 0.108. The van der Waals surface area contributed by atoms with E-state index >= 15 is 0 Å². The van der Waals surface area contributed by atoms with Gasteiger partial charge in [0.15, 0.2) is 9.84 Å². The minimum atomic E-state index is -3.43. The Bertz CT molecular complexity index is 331. The van der Waals surface area contributed by atoms with Gasteiger partial charge in [-0.25, -0.2) is 8.42 Å². The zero-order valence-corrected chi connectivity index (χ0v) is 8.53. The first-order valence-electron chi connectivity index (χ1n) is 3.80. The molecule has 0 saturated carbocycles. The number of methoxy groups -OCH3 is 1. The van der Waals surface area contributed by atoms with Gasteiger partial charge in [0.1, 0.15) is 5.75 Å². The van der Waals surface area contributed by atoms with Crippen molar-refractivity contribution in [3.63, 3.8) is 0 Å². The molecule has 8 heteroatoms. The molecule has 0 aromatic heterocycles. The molecule has 0 aliphatic heterocycles. The largest absolute Gasteiger partial charge is 0.468 e. The molecule has 0 heterocycles. The lowest BCUT2D eigenvalue weighted by Gasteiger charge is -2.00. The SMILES string of the molecule is COC(=O)CS(=O)(=O)CCCN=[N+]=[N-]. The highest BCUT2D eigenvalue weighted by atomic mass is 32.2. The summed E-state index contributed by atoms with van der Waals surface area (Å²) in [5.74, 6) is -1.59. The van der Waals surface area contributed by atoms with Crippen LogP contribution in [0, 0.1) is 0 Å². The predicted octanol–water partition coefficient (Wildman–Crippen LogP) is 0.275. The highest BCUT2D eigenvalue weighted by Gasteiger charge is 2.15. The van der Waals surface area contributed by atoms with E-state index in [1.807, 2.05) is 0 Å². The van der Waals surface area contributed by atoms with Crippen molar-refractivity contribution in [3.8, 4) is 0 Å². The lowest BCUT2D eigenvalue weighted by Crippen LogP contribution is -2.20. The Morgan fingerprint density at radius 3 is 2.71 bits per heavy atom. The summed E-state index contributed by atoms with van der Waals surface area (Å²) in [6.07, 6.45) is 0.212. The lowest BCUT2D eigenvalue weighted by atomic mass is 10.5. The van der Waals surface area contributed by atoms with E-state index in [0.29, 0.717) is 0 Å². The number of carbonyl (C=O) groups is 1. The summed E-state index contributed by atoms with van der Waals surface area (Å²) in [4.78, 5) is 13.1. The molecule has 0 unspecified atom stereocenters. The van der Waals surface area contributed by atoms with Crippen LogP contribution in [-0.2, 0) is 19.4 Å². The molecule has 0 atom stereocenters. The number of esters is 1. The van der Waals surface area contributed by atoms with Gasteiger partial charge in [0.05, 0.1) is 12.9 Å². The third-order valence-corrected chi connectivity index (χ3v) is 2.93. The van der Waals surface area contributed by atoms with Gasteiger partial charge < -0.3 is 4.74 Å². The summed E-state index contributed by atoms with van der Waals surface area (Å²) < 4.78 is 26.5. The minimum absolute atomic E-state index is 0.108. The van der Waals surface area contributed by atoms with Gasteiger partial charge in [-0.05, 0) is 12.0 Å². The average molecular weight is 221 g/mol. The van der Waals surface area contributed by atoms with Crippen molar-refractivity contribution in [2.24, 2.45) is 5.11 Å². The van der Waals surface area contributed by atoms with E-state index in [1.165, 1.54) is 0 Å². The lowest BCUT2D eigenvalue weighted by molar-refractivity contribution is -0.137. The molecule has 80 valence electrons. The highest BCUT2D eigenvalue weighted by molar-refractivity contribution is 7.92. The van der Waals surface area contributed by atoms with E-state index in [1.54, 1.807) is 0 Å². The number of carbonyl (C=O) groups excluding carboxylic acids is 1. The van der Waals surface area contributed by atoms with Gasteiger partial charge in [-0.2, -0.15) is 0 Å². The predicted molar refractivity (Wildman–Crippen MR) is 49.3 cm³/mol. The fourth-order valence-electron chi connectivity index (χ4n) is 0.711. The standard InChI is InChI=1S/C6H11N3O4S/c1-13-6(10)5-14(11,12)4-2-3-8-9-7/h2-5H2,1H3. The molecule has 0 aliphatic rings. The van der Waals surface area contributed by atoms with Crippen molar-refractivity contribution in [2.75, 3.05) is 25.2 Å². The van der Waals surface area contributed by atoms with Gasteiger partial charge in [0, 0.05) is 11.5 Å². The van der Waals surface area contributed by atoms with Crippen LogP contribution in [0.1, 0.15) is 6.42 Å². The van der Waals surface area contributed by atoms with Crippen LogP contribution in [0.2, 0.25) is 0 Å². The molecular weight excluding hydrogens is 210 g/mol. The molecule has 0 aromatic rings. The van der Waals surface area contributed by atoms with Crippen LogP contribution in [0.4, 0.5) is 0 Å². The molecule has 0 saturated heterocycles. The van der Waals surface area contributed by atoms with E-state index in [9.17, 15) is 13.2 Å². The molecule has 7 nitrogen and oxygen atoms in total. The van der Waals surface area contributed by atoms with Crippen LogP contribution in [0.5, 0.6) is 0 Å². The summed E-state index contributed by atoms with van der Waals surface area (Å²) in [7, 11) is -2.31. The first-order chi connectivity index (χ1) is 6.52. The van der Waals surface area contributed by atoms with Crippen molar-refractivity contribution in [1.82, 2.24) is 0 Å². The van der Waals surface area contributed by atoms with E-state index in [2.05, 4.69) is 14.8 Å². The van der Waals surface area contributed by atoms with Crippen LogP contribution < -0.4 is 0 Å². The van der Waals surface area contributed by atoms with E-state index < -0.39 is 21.6 Å². The Morgan fingerprint density at radius 1 is 1.57 bits per heavy atom. The summed E-state index contributed by atoms with van der Waals surface area (Å²) in [5.41, 5.74) is 7.91. The van der Waals surface area contributed by atoms with Crippen LogP contribution in [0.25, 0.3) is 10.4 Å². The number of rotatable bonds is 6. The Hall–Kier alpha value is -1.27. The Morgan fingerprint density at radius 2 is 2.21 bits per heavy atom. The first kappa shape index (κ1) is 12.7. The fourth-order valence-corrected chi connectivity index (χ4v) is 1.90. The second-order valence-electron chi connectivity index (χ2n) is 2.48. The maximum atomic E-state index is 11.1. The van der Waals surface area contributed by atoms with Gasteiger partial charge >= 0.3 is 5.97 Å². The molecule has 0 spiro atoms.